The van der Waals surface area contributed by atoms with Crippen molar-refractivity contribution in [2.75, 3.05) is 6.54 Å². The van der Waals surface area contributed by atoms with E-state index in [2.05, 4.69) is 59.4 Å². The summed E-state index contributed by atoms with van der Waals surface area (Å²) in [6, 6.07) is 9.55. The summed E-state index contributed by atoms with van der Waals surface area (Å²) >= 11 is 3.57. The molecule has 0 amide bonds. The Kier molecular flexibility index (Phi) is 4.63. The Balaban J connectivity index is 2.00. The van der Waals surface area contributed by atoms with E-state index in [1.54, 1.807) is 0 Å². The van der Waals surface area contributed by atoms with Gasteiger partial charge in [-0.25, -0.2) is 0 Å². The highest BCUT2D eigenvalue weighted by atomic mass is 79.9. The maximum Gasteiger partial charge on any atom is 0.0178 e. The molecule has 1 N–H and O–H groups in total. The molecule has 0 spiro atoms. The van der Waals surface area contributed by atoms with Gasteiger partial charge >= 0.3 is 0 Å². The van der Waals surface area contributed by atoms with E-state index >= 15 is 0 Å². The zero-order chi connectivity index (χ0) is 12.3. The zero-order valence-electron chi connectivity index (χ0n) is 10.7. The Morgan fingerprint density at radius 2 is 2.18 bits per heavy atom. The Labute approximate surface area is 113 Å². The van der Waals surface area contributed by atoms with Gasteiger partial charge < -0.3 is 5.32 Å². The fourth-order valence-electron chi connectivity index (χ4n) is 2.96. The predicted molar refractivity (Wildman–Crippen MR) is 77.4 cm³/mol. The SMILES string of the molecule is CCCNC1CC(c2cccc(Br)c2)C1CC. The fraction of sp³-hybridized carbons (Fsp3) is 0.600. The Bertz CT molecular complexity index is 364. The van der Waals surface area contributed by atoms with Crippen LogP contribution in [0.2, 0.25) is 0 Å². The average Bonchev–Trinajstić information content (AvgIpc) is 2.28. The molecule has 1 nitrogen and oxygen atoms in total. The largest absolute Gasteiger partial charge is 0.314 e. The van der Waals surface area contributed by atoms with Crippen LogP contribution in [0, 0.1) is 5.92 Å². The number of nitrogens with one attached hydrogen (secondary N) is 1. The van der Waals surface area contributed by atoms with Crippen molar-refractivity contribution >= 4 is 15.9 Å². The normalized spacial score (nSPS) is 27.8. The molecule has 3 unspecified atom stereocenters. The second-order valence-electron chi connectivity index (χ2n) is 5.03. The van der Waals surface area contributed by atoms with Gasteiger partial charge in [0.25, 0.3) is 0 Å². The van der Waals surface area contributed by atoms with Gasteiger partial charge in [0.1, 0.15) is 0 Å². The van der Waals surface area contributed by atoms with E-state index in [1.807, 2.05) is 0 Å². The molecule has 0 aliphatic heterocycles. The number of hydrogen-bond donors (Lipinski definition) is 1. The minimum Gasteiger partial charge on any atom is -0.314 e. The first kappa shape index (κ1) is 13.1. The molecular formula is C15H22BrN. The van der Waals surface area contributed by atoms with Crippen molar-refractivity contribution in [2.24, 2.45) is 5.92 Å². The lowest BCUT2D eigenvalue weighted by molar-refractivity contribution is 0.161. The van der Waals surface area contributed by atoms with E-state index in [9.17, 15) is 0 Å². The molecule has 1 aromatic rings. The molecule has 1 aliphatic rings. The smallest absolute Gasteiger partial charge is 0.0178 e. The average molecular weight is 296 g/mol. The molecule has 2 rings (SSSR count). The van der Waals surface area contributed by atoms with Crippen LogP contribution in [-0.4, -0.2) is 12.6 Å². The fourth-order valence-corrected chi connectivity index (χ4v) is 3.38. The summed E-state index contributed by atoms with van der Waals surface area (Å²) in [4.78, 5) is 0. The minimum atomic E-state index is 0.740. The topological polar surface area (TPSA) is 12.0 Å². The number of hydrogen-bond acceptors (Lipinski definition) is 1. The molecule has 1 aromatic carbocycles. The van der Waals surface area contributed by atoms with Crippen LogP contribution in [0.15, 0.2) is 28.7 Å². The summed E-state index contributed by atoms with van der Waals surface area (Å²) in [5, 5.41) is 3.67. The van der Waals surface area contributed by atoms with Crippen LogP contribution >= 0.6 is 15.9 Å². The van der Waals surface area contributed by atoms with E-state index in [-0.39, 0.29) is 0 Å². The van der Waals surface area contributed by atoms with Gasteiger partial charge in [-0.3, -0.25) is 0 Å². The summed E-state index contributed by atoms with van der Waals surface area (Å²) in [6.07, 6.45) is 3.81. The number of halogens is 1. The lowest BCUT2D eigenvalue weighted by atomic mass is 9.65. The van der Waals surface area contributed by atoms with Crippen LogP contribution in [0.3, 0.4) is 0 Å². The van der Waals surface area contributed by atoms with Crippen molar-refractivity contribution in [3.05, 3.63) is 34.3 Å². The van der Waals surface area contributed by atoms with Gasteiger partial charge in [-0.15, -0.1) is 0 Å². The van der Waals surface area contributed by atoms with Crippen molar-refractivity contribution in [3.8, 4) is 0 Å². The molecule has 0 bridgehead atoms. The molecule has 0 heterocycles. The van der Waals surface area contributed by atoms with Gasteiger partial charge in [0.05, 0.1) is 0 Å². The lowest BCUT2D eigenvalue weighted by Gasteiger charge is -2.45. The van der Waals surface area contributed by atoms with Crippen molar-refractivity contribution in [3.63, 3.8) is 0 Å². The van der Waals surface area contributed by atoms with E-state index in [4.69, 9.17) is 0 Å². The summed E-state index contributed by atoms with van der Waals surface area (Å²) in [6.45, 7) is 5.71. The van der Waals surface area contributed by atoms with Crippen molar-refractivity contribution < 1.29 is 0 Å². The van der Waals surface area contributed by atoms with Gasteiger partial charge in [0.2, 0.25) is 0 Å². The Morgan fingerprint density at radius 1 is 1.35 bits per heavy atom. The molecule has 94 valence electrons. The molecule has 1 saturated carbocycles. The van der Waals surface area contributed by atoms with Gasteiger partial charge in [-0.2, -0.15) is 0 Å². The molecule has 1 aliphatic carbocycles. The molecular weight excluding hydrogens is 274 g/mol. The molecule has 0 aromatic heterocycles. The minimum absolute atomic E-state index is 0.740. The van der Waals surface area contributed by atoms with E-state index in [0.29, 0.717) is 0 Å². The summed E-state index contributed by atoms with van der Waals surface area (Å²) in [7, 11) is 0. The predicted octanol–water partition coefficient (Wildman–Crippen LogP) is 4.33. The lowest BCUT2D eigenvalue weighted by Crippen LogP contribution is -2.49. The maximum absolute atomic E-state index is 3.67. The van der Waals surface area contributed by atoms with E-state index < -0.39 is 0 Å². The molecule has 1 fully saturated rings. The zero-order valence-corrected chi connectivity index (χ0v) is 12.3. The Hall–Kier alpha value is -0.340. The Morgan fingerprint density at radius 3 is 2.82 bits per heavy atom. The van der Waals surface area contributed by atoms with Crippen LogP contribution in [0.5, 0.6) is 0 Å². The molecule has 3 atom stereocenters. The first-order chi connectivity index (χ1) is 8.26. The van der Waals surface area contributed by atoms with Crippen LogP contribution in [0.25, 0.3) is 0 Å². The second-order valence-corrected chi connectivity index (χ2v) is 5.95. The monoisotopic (exact) mass is 295 g/mol. The summed E-state index contributed by atoms with van der Waals surface area (Å²) in [5.74, 6) is 1.57. The van der Waals surface area contributed by atoms with Crippen LogP contribution in [0.1, 0.15) is 44.6 Å². The number of rotatable bonds is 5. The van der Waals surface area contributed by atoms with E-state index in [1.165, 1.54) is 29.3 Å². The standard InChI is InChI=1S/C15H22BrN/c1-3-8-17-15-10-14(13(15)4-2)11-6-5-7-12(16)9-11/h5-7,9,13-15,17H,3-4,8,10H2,1-2H3. The highest BCUT2D eigenvalue weighted by Crippen LogP contribution is 2.44. The van der Waals surface area contributed by atoms with Gasteiger partial charge in [0.15, 0.2) is 0 Å². The second kappa shape index (κ2) is 6.01. The third kappa shape index (κ3) is 2.92. The summed E-state index contributed by atoms with van der Waals surface area (Å²) < 4.78 is 1.20. The highest BCUT2D eigenvalue weighted by Gasteiger charge is 2.39. The first-order valence-corrected chi connectivity index (χ1v) is 7.54. The summed E-state index contributed by atoms with van der Waals surface area (Å²) in [5.41, 5.74) is 1.50. The van der Waals surface area contributed by atoms with Gasteiger partial charge in [-0.05, 0) is 48.9 Å². The third-order valence-electron chi connectivity index (χ3n) is 3.95. The highest BCUT2D eigenvalue weighted by molar-refractivity contribution is 9.10. The van der Waals surface area contributed by atoms with Crippen LogP contribution < -0.4 is 5.32 Å². The third-order valence-corrected chi connectivity index (χ3v) is 4.44. The van der Waals surface area contributed by atoms with Crippen molar-refractivity contribution in [1.82, 2.24) is 5.32 Å². The van der Waals surface area contributed by atoms with Gasteiger partial charge in [-0.1, -0.05) is 48.3 Å². The number of benzene rings is 1. The van der Waals surface area contributed by atoms with Gasteiger partial charge in [0, 0.05) is 10.5 Å². The van der Waals surface area contributed by atoms with Crippen LogP contribution in [0.4, 0.5) is 0 Å². The van der Waals surface area contributed by atoms with E-state index in [0.717, 1.165) is 24.4 Å². The molecule has 17 heavy (non-hydrogen) atoms. The maximum atomic E-state index is 3.67. The van der Waals surface area contributed by atoms with Crippen LogP contribution in [-0.2, 0) is 0 Å². The van der Waals surface area contributed by atoms with Crippen molar-refractivity contribution in [2.45, 2.75) is 45.1 Å². The molecule has 0 saturated heterocycles. The quantitative estimate of drug-likeness (QED) is 0.852. The molecule has 0 radical (unpaired) electrons. The first-order valence-electron chi connectivity index (χ1n) is 6.75. The van der Waals surface area contributed by atoms with Crippen molar-refractivity contribution in [1.29, 1.82) is 0 Å². The molecule has 2 heteroatoms.